The first-order valence-electron chi connectivity index (χ1n) is 9.58. The van der Waals surface area contributed by atoms with Gasteiger partial charge in [0.25, 0.3) is 0 Å². The smallest absolute Gasteiger partial charge is 0.0784 e. The van der Waals surface area contributed by atoms with E-state index in [1.54, 1.807) is 0 Å². The zero-order valence-electron chi connectivity index (χ0n) is 15.5. The maximum Gasteiger partial charge on any atom is 0.0784 e. The number of rotatable bonds is 16. The second-order valence-corrected chi connectivity index (χ2v) is 7.81. The summed E-state index contributed by atoms with van der Waals surface area (Å²) >= 11 is 3.57. The maximum atomic E-state index is 3.57. The fraction of sp³-hybridized carbons (Fsp3) is 1.00. The van der Waals surface area contributed by atoms with E-state index in [-0.39, 0.29) is 17.0 Å². The molecule has 1 atom stereocenters. The van der Waals surface area contributed by atoms with Crippen molar-refractivity contribution in [3.05, 3.63) is 0 Å². The van der Waals surface area contributed by atoms with Crippen molar-refractivity contribution in [2.45, 2.75) is 90.9 Å². The van der Waals surface area contributed by atoms with Crippen molar-refractivity contribution in [3.8, 4) is 0 Å². The molecule has 136 valence electrons. The van der Waals surface area contributed by atoms with Crippen LogP contribution in [0, 0.1) is 0 Å². The van der Waals surface area contributed by atoms with Crippen molar-refractivity contribution in [2.75, 3.05) is 32.0 Å². The van der Waals surface area contributed by atoms with Crippen LogP contribution < -0.4 is 17.0 Å². The molecule has 1 unspecified atom stereocenters. The summed E-state index contributed by atoms with van der Waals surface area (Å²) in [7, 11) is 2.51. The predicted octanol–water partition coefficient (Wildman–Crippen LogP) is 3.55. The minimum Gasteiger partial charge on any atom is -1.00 e. The van der Waals surface area contributed by atoms with Crippen LogP contribution >= 0.6 is 15.9 Å². The van der Waals surface area contributed by atoms with E-state index in [1.165, 1.54) is 106 Å². The number of hydrogen-bond donors (Lipinski definition) is 0. The molecule has 0 aromatic rings. The molecule has 0 aliphatic heterocycles. The van der Waals surface area contributed by atoms with Crippen LogP contribution in [0.3, 0.4) is 0 Å². The summed E-state index contributed by atoms with van der Waals surface area (Å²) in [6.45, 7) is 8.79. The summed E-state index contributed by atoms with van der Waals surface area (Å²) in [5.74, 6) is 0. The first-order chi connectivity index (χ1) is 10.2. The van der Waals surface area contributed by atoms with Gasteiger partial charge in [0, 0.05) is 5.33 Å². The highest BCUT2D eigenvalue weighted by Gasteiger charge is 2.19. The van der Waals surface area contributed by atoms with Crippen LogP contribution in [0.15, 0.2) is 0 Å². The first-order valence-corrected chi connectivity index (χ1v) is 10.7. The Balaban J connectivity index is 0. The Labute approximate surface area is 160 Å². The van der Waals surface area contributed by atoms with Gasteiger partial charge in [0.15, 0.2) is 0 Å². The fourth-order valence-electron chi connectivity index (χ4n) is 3.12. The molecule has 3 heteroatoms. The minimum absolute atomic E-state index is 0. The monoisotopic (exact) mass is 441 g/mol. The molecule has 0 aliphatic rings. The average Bonchev–Trinajstić information content (AvgIpc) is 2.48. The number of unbranched alkanes of at least 4 members (excludes halogenated alkanes) is 9. The molecule has 0 rings (SSSR count). The van der Waals surface area contributed by atoms with E-state index in [0.29, 0.717) is 0 Å². The van der Waals surface area contributed by atoms with Gasteiger partial charge in [-0.15, -0.1) is 0 Å². The highest BCUT2D eigenvalue weighted by molar-refractivity contribution is 9.09. The van der Waals surface area contributed by atoms with Crippen LogP contribution in [-0.2, 0) is 0 Å². The fourth-order valence-corrected chi connectivity index (χ4v) is 3.51. The lowest BCUT2D eigenvalue weighted by Gasteiger charge is -2.35. The lowest BCUT2D eigenvalue weighted by Crippen LogP contribution is -3.00. The van der Waals surface area contributed by atoms with Gasteiger partial charge in [0.05, 0.1) is 26.7 Å². The quantitative estimate of drug-likeness (QED) is 0.195. The number of alkyl halides is 1. The Morgan fingerprint density at radius 2 is 0.955 bits per heavy atom. The second-order valence-electron chi connectivity index (χ2n) is 7.01. The molecule has 0 N–H and O–H groups in total. The van der Waals surface area contributed by atoms with Crippen molar-refractivity contribution in [3.63, 3.8) is 0 Å². The van der Waals surface area contributed by atoms with E-state index in [2.05, 4.69) is 36.8 Å². The third-order valence-corrected chi connectivity index (χ3v) is 5.25. The van der Waals surface area contributed by atoms with Gasteiger partial charge in [-0.2, -0.15) is 0 Å². The highest BCUT2D eigenvalue weighted by atomic mass is 79.9. The maximum absolute atomic E-state index is 3.57. The SMILES string of the molecule is CCCCCCCC[N+](C)(CCCCBr)CCCCCC.[Br-]. The van der Waals surface area contributed by atoms with Gasteiger partial charge in [0.1, 0.15) is 0 Å². The van der Waals surface area contributed by atoms with Gasteiger partial charge in [0.2, 0.25) is 0 Å². The highest BCUT2D eigenvalue weighted by Crippen LogP contribution is 2.14. The van der Waals surface area contributed by atoms with E-state index in [1.807, 2.05) is 0 Å². The Bertz CT molecular complexity index is 212. The van der Waals surface area contributed by atoms with E-state index in [0.717, 1.165) is 0 Å². The Kier molecular flexibility index (Phi) is 20.9. The van der Waals surface area contributed by atoms with Gasteiger partial charge in [-0.1, -0.05) is 68.3 Å². The molecule has 0 radical (unpaired) electrons. The number of halogens is 2. The molecule has 1 nitrogen and oxygen atoms in total. The molecule has 0 aromatic carbocycles. The van der Waals surface area contributed by atoms with Crippen molar-refractivity contribution in [2.24, 2.45) is 0 Å². The molecule has 0 fully saturated rings. The summed E-state index contributed by atoms with van der Waals surface area (Å²) in [4.78, 5) is 0. The van der Waals surface area contributed by atoms with E-state index >= 15 is 0 Å². The van der Waals surface area contributed by atoms with Crippen LogP contribution in [0.4, 0.5) is 0 Å². The molecule has 0 saturated heterocycles. The summed E-state index contributed by atoms with van der Waals surface area (Å²) in [6, 6.07) is 0. The molecular formula is C19H41Br2N. The molecule has 0 amide bonds. The van der Waals surface area contributed by atoms with Crippen molar-refractivity contribution < 1.29 is 21.5 Å². The standard InChI is InChI=1S/C19H41BrN.BrH/c1-4-6-8-10-11-14-18-21(3,19-15-12-16-20)17-13-9-7-5-2;/h4-19H2,1-3H3;1H/q+1;/p-1. The molecule has 0 spiro atoms. The van der Waals surface area contributed by atoms with Crippen molar-refractivity contribution >= 4 is 15.9 Å². The third kappa shape index (κ3) is 15.8. The summed E-state index contributed by atoms with van der Waals surface area (Å²) < 4.78 is 1.32. The van der Waals surface area contributed by atoms with Crippen LogP contribution in [0.25, 0.3) is 0 Å². The second kappa shape index (κ2) is 18.3. The normalized spacial score (nSPS) is 13.6. The van der Waals surface area contributed by atoms with Gasteiger partial charge in [-0.25, -0.2) is 0 Å². The van der Waals surface area contributed by atoms with Crippen molar-refractivity contribution in [1.82, 2.24) is 0 Å². The van der Waals surface area contributed by atoms with Crippen LogP contribution in [0.1, 0.15) is 90.9 Å². The van der Waals surface area contributed by atoms with E-state index < -0.39 is 0 Å². The van der Waals surface area contributed by atoms with E-state index in [9.17, 15) is 0 Å². The first kappa shape index (κ1) is 25.2. The van der Waals surface area contributed by atoms with Crippen LogP contribution in [0.2, 0.25) is 0 Å². The molecule has 0 aliphatic carbocycles. The summed E-state index contributed by atoms with van der Waals surface area (Å²) in [5.41, 5.74) is 0. The molecular weight excluding hydrogens is 402 g/mol. The summed E-state index contributed by atoms with van der Waals surface area (Å²) in [5, 5.41) is 1.17. The zero-order chi connectivity index (χ0) is 15.8. The molecule has 22 heavy (non-hydrogen) atoms. The third-order valence-electron chi connectivity index (χ3n) is 4.68. The Morgan fingerprint density at radius 3 is 1.41 bits per heavy atom. The number of quaternary nitrogens is 1. The molecule has 0 heterocycles. The van der Waals surface area contributed by atoms with Gasteiger partial charge in [-0.05, 0) is 38.5 Å². The Morgan fingerprint density at radius 1 is 0.591 bits per heavy atom. The predicted molar refractivity (Wildman–Crippen MR) is 101 cm³/mol. The van der Waals surface area contributed by atoms with Gasteiger partial charge < -0.3 is 21.5 Å². The van der Waals surface area contributed by atoms with Gasteiger partial charge >= 0.3 is 0 Å². The average molecular weight is 443 g/mol. The topological polar surface area (TPSA) is 0 Å². The number of hydrogen-bond acceptors (Lipinski definition) is 0. The van der Waals surface area contributed by atoms with Gasteiger partial charge in [-0.3, -0.25) is 0 Å². The molecule has 0 saturated carbocycles. The Hall–Kier alpha value is 0.920. The summed E-state index contributed by atoms with van der Waals surface area (Å²) in [6.07, 6.45) is 16.9. The molecule has 0 aromatic heterocycles. The molecule has 0 bridgehead atoms. The van der Waals surface area contributed by atoms with Crippen LogP contribution in [-0.4, -0.2) is 36.5 Å². The lowest BCUT2D eigenvalue weighted by molar-refractivity contribution is -0.910. The number of nitrogens with zero attached hydrogens (tertiary/aromatic N) is 1. The lowest BCUT2D eigenvalue weighted by atomic mass is 10.1. The van der Waals surface area contributed by atoms with E-state index in [4.69, 9.17) is 0 Å². The largest absolute Gasteiger partial charge is 1.00 e. The van der Waals surface area contributed by atoms with Crippen LogP contribution in [0.5, 0.6) is 0 Å². The minimum atomic E-state index is 0. The zero-order valence-corrected chi connectivity index (χ0v) is 18.7. The van der Waals surface area contributed by atoms with Crippen molar-refractivity contribution in [1.29, 1.82) is 0 Å².